The summed E-state index contributed by atoms with van der Waals surface area (Å²) in [4.78, 5) is 73.0. The molecule has 17 nitrogen and oxygen atoms in total. The van der Waals surface area contributed by atoms with Crippen LogP contribution in [0.1, 0.15) is 362 Å². The Balaban J connectivity index is 5.33. The Morgan fingerprint density at radius 3 is 0.850 bits per heavy atom. The molecule has 19 heteroatoms. The van der Waals surface area contributed by atoms with Crippen molar-refractivity contribution in [3.63, 3.8) is 0 Å². The second-order valence-electron chi connectivity index (χ2n) is 27.0. The number of esters is 4. The summed E-state index contributed by atoms with van der Waals surface area (Å²) in [5.41, 5.74) is 0. The van der Waals surface area contributed by atoms with Crippen molar-refractivity contribution >= 4 is 39.5 Å². The molecular formula is C81H146O17P2. The highest BCUT2D eigenvalue weighted by molar-refractivity contribution is 7.47. The van der Waals surface area contributed by atoms with Gasteiger partial charge in [-0.25, -0.2) is 9.13 Å². The predicted molar refractivity (Wildman–Crippen MR) is 409 cm³/mol. The summed E-state index contributed by atoms with van der Waals surface area (Å²) in [5.74, 6) is -2.18. The molecule has 0 aliphatic carbocycles. The highest BCUT2D eigenvalue weighted by Crippen LogP contribution is 2.45. The minimum atomic E-state index is -4.97. The molecule has 0 aromatic heterocycles. The van der Waals surface area contributed by atoms with E-state index >= 15 is 0 Å². The van der Waals surface area contributed by atoms with Crippen molar-refractivity contribution in [2.45, 2.75) is 380 Å². The van der Waals surface area contributed by atoms with E-state index in [9.17, 15) is 43.2 Å². The molecule has 0 saturated heterocycles. The van der Waals surface area contributed by atoms with Gasteiger partial charge < -0.3 is 33.8 Å². The highest BCUT2D eigenvalue weighted by Gasteiger charge is 2.30. The van der Waals surface area contributed by atoms with Crippen LogP contribution in [-0.4, -0.2) is 96.7 Å². The molecule has 0 amide bonds. The van der Waals surface area contributed by atoms with Gasteiger partial charge in [-0.15, -0.1) is 0 Å². The van der Waals surface area contributed by atoms with Gasteiger partial charge in [0.1, 0.15) is 19.3 Å². The van der Waals surface area contributed by atoms with Gasteiger partial charge in [-0.1, -0.05) is 300 Å². The average Bonchev–Trinajstić information content (AvgIpc) is 1.06. The first kappa shape index (κ1) is 96.5. The number of hydrogen-bond donors (Lipinski definition) is 3. The van der Waals surface area contributed by atoms with E-state index in [-0.39, 0.29) is 25.7 Å². The first-order valence-electron chi connectivity index (χ1n) is 40.2. The van der Waals surface area contributed by atoms with E-state index in [2.05, 4.69) is 101 Å². The van der Waals surface area contributed by atoms with Crippen molar-refractivity contribution in [3.8, 4) is 0 Å². The van der Waals surface area contributed by atoms with Crippen LogP contribution in [0.4, 0.5) is 0 Å². The van der Waals surface area contributed by atoms with E-state index in [1.54, 1.807) is 0 Å². The van der Waals surface area contributed by atoms with Gasteiger partial charge in [-0.05, 0) is 109 Å². The Hall–Kier alpha value is -3.50. The molecule has 0 aromatic carbocycles. The maximum atomic E-state index is 13.1. The van der Waals surface area contributed by atoms with Crippen LogP contribution < -0.4 is 0 Å². The van der Waals surface area contributed by atoms with Crippen molar-refractivity contribution < 1.29 is 80.2 Å². The van der Waals surface area contributed by atoms with Crippen LogP contribution in [0.25, 0.3) is 0 Å². The van der Waals surface area contributed by atoms with E-state index in [1.807, 2.05) is 0 Å². The summed E-state index contributed by atoms with van der Waals surface area (Å²) in [6, 6.07) is 0. The number of ether oxygens (including phenoxy) is 4. The Labute approximate surface area is 609 Å². The number of carbonyl (C=O) groups excluding carboxylic acids is 4. The quantitative estimate of drug-likeness (QED) is 0.0169. The van der Waals surface area contributed by atoms with Crippen LogP contribution in [-0.2, 0) is 65.4 Å². The third-order valence-corrected chi connectivity index (χ3v) is 19.0. The van der Waals surface area contributed by atoms with Gasteiger partial charge in [0.25, 0.3) is 0 Å². The minimum Gasteiger partial charge on any atom is -0.462 e. The second kappa shape index (κ2) is 73.8. The predicted octanol–water partition coefficient (Wildman–Crippen LogP) is 23.2. The number of aliphatic hydroxyl groups is 1. The summed E-state index contributed by atoms with van der Waals surface area (Å²) >= 11 is 0. The largest absolute Gasteiger partial charge is 0.472 e. The van der Waals surface area contributed by atoms with Gasteiger partial charge in [0.05, 0.1) is 26.4 Å². The Kier molecular flexibility index (Phi) is 71.2. The molecule has 0 bridgehead atoms. The molecule has 100 heavy (non-hydrogen) atoms. The molecular weight excluding hydrogens is 1310 g/mol. The van der Waals surface area contributed by atoms with E-state index in [1.165, 1.54) is 103 Å². The number of phosphoric acid groups is 2. The van der Waals surface area contributed by atoms with E-state index < -0.39 is 97.5 Å². The maximum Gasteiger partial charge on any atom is 0.472 e. The van der Waals surface area contributed by atoms with Crippen LogP contribution in [0.2, 0.25) is 0 Å². The first-order chi connectivity index (χ1) is 48.7. The topological polar surface area (TPSA) is 237 Å². The number of unbranched alkanes of at least 4 members (excludes halogenated alkanes) is 38. The van der Waals surface area contributed by atoms with Crippen LogP contribution in [0.3, 0.4) is 0 Å². The average molecular weight is 1450 g/mol. The fraction of sp³-hybridized carbons (Fsp3) is 0.802. The molecule has 0 spiro atoms. The highest BCUT2D eigenvalue weighted by atomic mass is 31.2. The molecule has 0 radical (unpaired) electrons. The van der Waals surface area contributed by atoms with Crippen LogP contribution in [0.15, 0.2) is 72.9 Å². The SMILES string of the molecule is CC/C=C\C/C=C\C/C=C\CCCCCCCCCC(=O)OCC(COP(=O)(O)OCC(O)COP(=O)(O)OCC(COC(=O)CCCCCCC/C=C\CCCCCCCC)OC(=O)CCCCCCC/C=C\C/C=C\CCC)OC(=O)CCCCCCCCCCCCCCCCC. The molecule has 0 saturated carbocycles. The van der Waals surface area contributed by atoms with Crippen LogP contribution >= 0.6 is 15.6 Å². The molecule has 0 heterocycles. The molecule has 0 aromatic rings. The van der Waals surface area contributed by atoms with Gasteiger partial charge in [-0.3, -0.25) is 37.3 Å². The molecule has 0 aliphatic heterocycles. The van der Waals surface area contributed by atoms with Crippen molar-refractivity contribution in [1.82, 2.24) is 0 Å². The van der Waals surface area contributed by atoms with Crippen LogP contribution in [0.5, 0.6) is 0 Å². The summed E-state index contributed by atoms with van der Waals surface area (Å²) in [7, 11) is -9.95. The van der Waals surface area contributed by atoms with Gasteiger partial charge in [-0.2, -0.15) is 0 Å². The number of phosphoric ester groups is 2. The number of hydrogen-bond acceptors (Lipinski definition) is 15. The summed E-state index contributed by atoms with van der Waals surface area (Å²) < 4.78 is 68.6. The fourth-order valence-electron chi connectivity index (χ4n) is 11.0. The third kappa shape index (κ3) is 72.8. The van der Waals surface area contributed by atoms with Crippen molar-refractivity contribution in [2.24, 2.45) is 0 Å². The van der Waals surface area contributed by atoms with E-state index in [4.69, 9.17) is 37.0 Å². The standard InChI is InChI=1S/C81H146O17P2/c1-5-9-13-17-21-25-29-33-36-37-40-43-46-50-54-58-62-66-79(84)92-72-77(98-81(86)68-64-60-56-52-48-44-39-35-31-27-23-19-15-11-7-3)74-96-100(89,90)94-70-75(82)69-93-99(87,88)95-73-76(97-80(85)67-63-59-55-51-47-41-32-28-24-20-16-12-8-4)71-91-78(83)65-61-57-53-49-45-42-38-34-30-26-22-18-14-10-6-2/h9,13,16,20-21,25,28,32-34,36,38,75-77,82H,5-8,10-12,14-15,17-19,22-24,26-27,29-31,35,37,39-74H2,1-4H3,(H,87,88)(H,89,90)/b13-9-,20-16-,25-21-,32-28-,36-33-,38-34-. The zero-order valence-corrected chi connectivity index (χ0v) is 65.4. The van der Waals surface area contributed by atoms with E-state index in [0.29, 0.717) is 25.7 Å². The van der Waals surface area contributed by atoms with E-state index in [0.717, 1.165) is 180 Å². The Morgan fingerprint density at radius 1 is 0.290 bits per heavy atom. The zero-order valence-electron chi connectivity index (χ0n) is 63.6. The maximum absolute atomic E-state index is 13.1. The summed E-state index contributed by atoms with van der Waals surface area (Å²) in [6.45, 7) is 4.73. The number of aliphatic hydroxyl groups excluding tert-OH is 1. The lowest BCUT2D eigenvalue weighted by Crippen LogP contribution is -2.30. The monoisotopic (exact) mass is 1450 g/mol. The summed E-state index contributed by atoms with van der Waals surface area (Å²) in [5, 5.41) is 10.6. The van der Waals surface area contributed by atoms with Gasteiger partial charge >= 0.3 is 39.5 Å². The molecule has 0 rings (SSSR count). The van der Waals surface area contributed by atoms with Gasteiger partial charge in [0.15, 0.2) is 12.2 Å². The van der Waals surface area contributed by atoms with Crippen molar-refractivity contribution in [1.29, 1.82) is 0 Å². The summed E-state index contributed by atoms with van der Waals surface area (Å²) in [6.07, 6.45) is 74.5. The van der Waals surface area contributed by atoms with Crippen molar-refractivity contribution in [3.05, 3.63) is 72.9 Å². The van der Waals surface area contributed by atoms with Crippen molar-refractivity contribution in [2.75, 3.05) is 39.6 Å². The fourth-order valence-corrected chi connectivity index (χ4v) is 12.6. The lowest BCUT2D eigenvalue weighted by atomic mass is 10.0. The van der Waals surface area contributed by atoms with Crippen LogP contribution in [0, 0.1) is 0 Å². The number of carbonyl (C=O) groups is 4. The minimum absolute atomic E-state index is 0.0802. The number of rotatable bonds is 76. The normalized spacial score (nSPS) is 14.3. The molecule has 0 aliphatic rings. The lowest BCUT2D eigenvalue weighted by molar-refractivity contribution is -0.161. The molecule has 3 N–H and O–H groups in total. The molecule has 0 fully saturated rings. The smallest absolute Gasteiger partial charge is 0.462 e. The molecule has 582 valence electrons. The molecule has 5 unspecified atom stereocenters. The lowest BCUT2D eigenvalue weighted by Gasteiger charge is -2.21. The molecule has 5 atom stereocenters. The van der Waals surface area contributed by atoms with Gasteiger partial charge in [0, 0.05) is 25.7 Å². The second-order valence-corrected chi connectivity index (χ2v) is 29.9. The third-order valence-electron chi connectivity index (χ3n) is 17.1. The Morgan fingerprint density at radius 2 is 0.540 bits per heavy atom. The first-order valence-corrected chi connectivity index (χ1v) is 43.2. The van der Waals surface area contributed by atoms with Gasteiger partial charge in [0.2, 0.25) is 0 Å². The zero-order chi connectivity index (χ0) is 73.2. The number of allylic oxidation sites excluding steroid dienone is 12. The Bertz CT molecular complexity index is 2180.